The Morgan fingerprint density at radius 2 is 1.56 bits per heavy atom. The molecule has 4 aromatic rings. The summed E-state index contributed by atoms with van der Waals surface area (Å²) in [5, 5.41) is 9.47. The molecule has 0 N–H and O–H groups in total. The molecule has 0 saturated heterocycles. The van der Waals surface area contributed by atoms with Crippen molar-refractivity contribution < 1.29 is 0 Å². The molecule has 0 amide bonds. The molecule has 0 atom stereocenters. The van der Waals surface area contributed by atoms with E-state index in [1.54, 1.807) is 36.7 Å². The van der Waals surface area contributed by atoms with Crippen molar-refractivity contribution in [3.05, 3.63) is 107 Å². The number of pyridine rings is 2. The number of nitrogens with zero attached hydrogens (tertiary/aromatic N) is 3. The zero-order valence-electron chi connectivity index (χ0n) is 14.4. The molecule has 0 aliphatic heterocycles. The topological polar surface area (TPSA) is 58.7 Å². The minimum atomic E-state index is -0.212. The molecule has 2 aromatic heterocycles. The maximum Gasteiger partial charge on any atom is 0.264 e. The molecule has 128 valence electrons. The summed E-state index contributed by atoms with van der Waals surface area (Å²) in [6.07, 6.45) is 3.44. The van der Waals surface area contributed by atoms with Crippen LogP contribution in [0.2, 0.25) is 0 Å². The highest BCUT2D eigenvalue weighted by Gasteiger charge is 2.14. The number of benzene rings is 2. The van der Waals surface area contributed by atoms with Gasteiger partial charge in [0.05, 0.1) is 11.6 Å². The first-order chi connectivity index (χ1) is 13.3. The van der Waals surface area contributed by atoms with Gasteiger partial charge in [0, 0.05) is 23.5 Å². The van der Waals surface area contributed by atoms with E-state index in [4.69, 9.17) is 0 Å². The molecule has 4 rings (SSSR count). The molecule has 0 fully saturated rings. The highest BCUT2D eigenvalue weighted by atomic mass is 16.1. The summed E-state index contributed by atoms with van der Waals surface area (Å²) in [4.78, 5) is 17.6. The first kappa shape index (κ1) is 16.5. The molecule has 0 spiro atoms. The molecule has 0 unspecified atom stereocenters. The lowest BCUT2D eigenvalue weighted by atomic mass is 9.98. The number of aromatic nitrogens is 2. The zero-order chi connectivity index (χ0) is 18.6. The van der Waals surface area contributed by atoms with Crippen molar-refractivity contribution in [2.45, 2.75) is 0 Å². The van der Waals surface area contributed by atoms with Crippen LogP contribution in [0.15, 0.2) is 96.1 Å². The van der Waals surface area contributed by atoms with Gasteiger partial charge in [-0.15, -0.1) is 0 Å². The number of nitriles is 1. The van der Waals surface area contributed by atoms with E-state index in [1.807, 2.05) is 54.6 Å². The van der Waals surface area contributed by atoms with Gasteiger partial charge in [0.1, 0.15) is 5.82 Å². The molecule has 2 aromatic carbocycles. The van der Waals surface area contributed by atoms with Gasteiger partial charge in [0.25, 0.3) is 5.56 Å². The Morgan fingerprint density at radius 3 is 2.30 bits per heavy atom. The Labute approximate surface area is 156 Å². The van der Waals surface area contributed by atoms with Crippen LogP contribution in [-0.2, 0) is 0 Å². The van der Waals surface area contributed by atoms with E-state index in [0.29, 0.717) is 22.5 Å². The highest BCUT2D eigenvalue weighted by molar-refractivity contribution is 5.75. The molecule has 0 radical (unpaired) electrons. The van der Waals surface area contributed by atoms with Crippen molar-refractivity contribution in [3.8, 4) is 34.1 Å². The van der Waals surface area contributed by atoms with Crippen molar-refractivity contribution >= 4 is 0 Å². The zero-order valence-corrected chi connectivity index (χ0v) is 14.4. The minimum absolute atomic E-state index is 0.212. The van der Waals surface area contributed by atoms with Gasteiger partial charge in [-0.3, -0.25) is 9.36 Å². The smallest absolute Gasteiger partial charge is 0.264 e. The first-order valence-corrected chi connectivity index (χ1v) is 8.51. The summed E-state index contributed by atoms with van der Waals surface area (Å²) in [5.74, 6) is 0.538. The highest BCUT2D eigenvalue weighted by Crippen LogP contribution is 2.26. The molecule has 4 nitrogen and oxygen atoms in total. The molecular formula is C23H15N3O. The van der Waals surface area contributed by atoms with E-state index in [0.717, 1.165) is 11.1 Å². The lowest BCUT2D eigenvalue weighted by Crippen LogP contribution is -2.21. The first-order valence-electron chi connectivity index (χ1n) is 8.51. The van der Waals surface area contributed by atoms with Gasteiger partial charge in [-0.25, -0.2) is 4.98 Å². The van der Waals surface area contributed by atoms with Gasteiger partial charge in [0.15, 0.2) is 0 Å². The Kier molecular flexibility index (Phi) is 4.34. The Balaban J connectivity index is 2.04. The van der Waals surface area contributed by atoms with Gasteiger partial charge in [-0.2, -0.15) is 5.26 Å². The monoisotopic (exact) mass is 349 g/mol. The van der Waals surface area contributed by atoms with Crippen LogP contribution in [0, 0.1) is 11.3 Å². The SMILES string of the molecule is N#Cc1ccccc1-c1cc(-c2ccccc2)cn(-c2ccccn2)c1=O. The largest absolute Gasteiger partial charge is 0.268 e. The van der Waals surface area contributed by atoms with E-state index in [-0.39, 0.29) is 5.56 Å². The fourth-order valence-electron chi connectivity index (χ4n) is 3.05. The Hall–Kier alpha value is -3.97. The van der Waals surface area contributed by atoms with Crippen molar-refractivity contribution in [1.29, 1.82) is 5.26 Å². The van der Waals surface area contributed by atoms with Gasteiger partial charge in [0.2, 0.25) is 0 Å². The van der Waals surface area contributed by atoms with Crippen molar-refractivity contribution in [2.24, 2.45) is 0 Å². The van der Waals surface area contributed by atoms with Crippen LogP contribution in [0.3, 0.4) is 0 Å². The van der Waals surface area contributed by atoms with Crippen LogP contribution in [-0.4, -0.2) is 9.55 Å². The molecule has 0 aliphatic carbocycles. The van der Waals surface area contributed by atoms with E-state index in [9.17, 15) is 10.1 Å². The molecule has 4 heteroatoms. The summed E-state index contributed by atoms with van der Waals surface area (Å²) in [7, 11) is 0. The van der Waals surface area contributed by atoms with E-state index >= 15 is 0 Å². The second kappa shape index (κ2) is 7.11. The lowest BCUT2D eigenvalue weighted by molar-refractivity contribution is 0.945. The third-order valence-electron chi connectivity index (χ3n) is 4.36. The fourth-order valence-corrected chi connectivity index (χ4v) is 3.05. The Morgan fingerprint density at radius 1 is 0.815 bits per heavy atom. The quantitative estimate of drug-likeness (QED) is 0.549. The second-order valence-corrected chi connectivity index (χ2v) is 6.03. The minimum Gasteiger partial charge on any atom is -0.268 e. The third-order valence-corrected chi connectivity index (χ3v) is 4.36. The van der Waals surface area contributed by atoms with Crippen LogP contribution < -0.4 is 5.56 Å². The number of hydrogen-bond donors (Lipinski definition) is 0. The normalized spacial score (nSPS) is 10.3. The average molecular weight is 349 g/mol. The standard InChI is InChI=1S/C23H15N3O/c24-15-18-10-4-5-11-20(18)21-14-19(17-8-2-1-3-9-17)16-26(23(21)27)22-12-6-7-13-25-22/h1-14,16H. The van der Waals surface area contributed by atoms with Crippen molar-refractivity contribution in [2.75, 3.05) is 0 Å². The second-order valence-electron chi connectivity index (χ2n) is 6.03. The van der Waals surface area contributed by atoms with Crippen molar-refractivity contribution in [3.63, 3.8) is 0 Å². The van der Waals surface area contributed by atoms with Crippen molar-refractivity contribution in [1.82, 2.24) is 9.55 Å². The van der Waals surface area contributed by atoms with Crippen LogP contribution in [0.1, 0.15) is 5.56 Å². The maximum atomic E-state index is 13.2. The molecule has 0 saturated carbocycles. The average Bonchev–Trinajstić information content (AvgIpc) is 2.75. The molecule has 0 aliphatic rings. The number of hydrogen-bond acceptors (Lipinski definition) is 3. The fraction of sp³-hybridized carbons (Fsp3) is 0. The predicted molar refractivity (Wildman–Crippen MR) is 105 cm³/mol. The molecule has 27 heavy (non-hydrogen) atoms. The van der Waals surface area contributed by atoms with E-state index < -0.39 is 0 Å². The lowest BCUT2D eigenvalue weighted by Gasteiger charge is -2.12. The van der Waals surface area contributed by atoms with Crippen LogP contribution >= 0.6 is 0 Å². The van der Waals surface area contributed by atoms with E-state index in [1.165, 1.54) is 4.57 Å². The molecular weight excluding hydrogens is 334 g/mol. The summed E-state index contributed by atoms with van der Waals surface area (Å²) < 4.78 is 1.53. The summed E-state index contributed by atoms with van der Waals surface area (Å²) in [6.45, 7) is 0. The van der Waals surface area contributed by atoms with Gasteiger partial charge in [-0.1, -0.05) is 54.6 Å². The summed E-state index contributed by atoms with van der Waals surface area (Å²) in [6, 6.07) is 26.4. The van der Waals surface area contributed by atoms with Crippen LogP contribution in [0.5, 0.6) is 0 Å². The van der Waals surface area contributed by atoms with Gasteiger partial charge in [-0.05, 0) is 35.4 Å². The number of rotatable bonds is 3. The van der Waals surface area contributed by atoms with Gasteiger partial charge >= 0.3 is 0 Å². The summed E-state index contributed by atoms with van der Waals surface area (Å²) in [5.41, 5.74) is 3.21. The van der Waals surface area contributed by atoms with Crippen LogP contribution in [0.4, 0.5) is 0 Å². The summed E-state index contributed by atoms with van der Waals surface area (Å²) >= 11 is 0. The molecule has 2 heterocycles. The van der Waals surface area contributed by atoms with E-state index in [2.05, 4.69) is 11.1 Å². The predicted octanol–water partition coefficient (Wildman–Crippen LogP) is 4.44. The van der Waals surface area contributed by atoms with Gasteiger partial charge < -0.3 is 0 Å². The Bertz CT molecular complexity index is 1190. The maximum absolute atomic E-state index is 13.2. The van der Waals surface area contributed by atoms with Crippen LogP contribution in [0.25, 0.3) is 28.1 Å². The third kappa shape index (κ3) is 3.14. The molecule has 0 bridgehead atoms.